The zero-order chi connectivity index (χ0) is 8.27. The molecule has 0 aromatic carbocycles. The maximum Gasteiger partial charge on any atom is 0.0244 e. The standard InChI is InChI=1S/C10H17Br/c1-3-4-9(7-11)10-6-5-8(10)2/h4,8,10H,3,5-7H2,1-2H3/b9-4-/t8?,10-/m1/s1. The second-order valence-electron chi connectivity index (χ2n) is 3.48. The minimum Gasteiger partial charge on any atom is -0.0880 e. The normalized spacial score (nSPS) is 31.7. The first-order valence-corrected chi connectivity index (χ1v) is 5.66. The summed E-state index contributed by atoms with van der Waals surface area (Å²) < 4.78 is 0. The molecule has 1 rings (SSSR count). The van der Waals surface area contributed by atoms with Crippen molar-refractivity contribution in [3.8, 4) is 0 Å². The topological polar surface area (TPSA) is 0 Å². The van der Waals surface area contributed by atoms with Crippen molar-refractivity contribution in [1.29, 1.82) is 0 Å². The SMILES string of the molecule is CC/C=C(/CBr)[C@@H]1CCC1C. The third kappa shape index (κ3) is 2.08. The van der Waals surface area contributed by atoms with Crippen molar-refractivity contribution in [2.24, 2.45) is 11.8 Å². The number of halogens is 1. The molecule has 0 radical (unpaired) electrons. The summed E-state index contributed by atoms with van der Waals surface area (Å²) in [5.74, 6) is 1.83. The van der Waals surface area contributed by atoms with Gasteiger partial charge in [0.2, 0.25) is 0 Å². The summed E-state index contributed by atoms with van der Waals surface area (Å²) in [7, 11) is 0. The first kappa shape index (κ1) is 9.31. The Kier molecular flexibility index (Phi) is 3.64. The Bertz CT molecular complexity index is 149. The Morgan fingerprint density at radius 2 is 2.27 bits per heavy atom. The molecule has 0 spiro atoms. The Morgan fingerprint density at radius 1 is 1.55 bits per heavy atom. The number of hydrogen-bond acceptors (Lipinski definition) is 0. The average molecular weight is 217 g/mol. The van der Waals surface area contributed by atoms with Crippen LogP contribution in [0.4, 0.5) is 0 Å². The number of alkyl halides is 1. The lowest BCUT2D eigenvalue weighted by atomic mass is 9.71. The van der Waals surface area contributed by atoms with E-state index in [2.05, 4.69) is 35.9 Å². The van der Waals surface area contributed by atoms with Crippen molar-refractivity contribution in [3.63, 3.8) is 0 Å². The highest BCUT2D eigenvalue weighted by Gasteiger charge is 2.28. The molecular formula is C10H17Br. The van der Waals surface area contributed by atoms with Crippen molar-refractivity contribution in [3.05, 3.63) is 11.6 Å². The summed E-state index contributed by atoms with van der Waals surface area (Å²) in [5, 5.41) is 1.08. The van der Waals surface area contributed by atoms with Crippen molar-refractivity contribution in [2.45, 2.75) is 33.1 Å². The second-order valence-corrected chi connectivity index (χ2v) is 4.04. The number of allylic oxidation sites excluding steroid dienone is 2. The molecule has 1 heteroatoms. The highest BCUT2D eigenvalue weighted by molar-refractivity contribution is 9.09. The van der Waals surface area contributed by atoms with Crippen LogP contribution in [0.2, 0.25) is 0 Å². The van der Waals surface area contributed by atoms with Gasteiger partial charge in [0, 0.05) is 5.33 Å². The van der Waals surface area contributed by atoms with E-state index in [4.69, 9.17) is 0 Å². The number of rotatable bonds is 3. The van der Waals surface area contributed by atoms with E-state index in [1.165, 1.54) is 19.3 Å². The number of hydrogen-bond donors (Lipinski definition) is 0. The van der Waals surface area contributed by atoms with Crippen molar-refractivity contribution in [2.75, 3.05) is 5.33 Å². The van der Waals surface area contributed by atoms with Crippen LogP contribution < -0.4 is 0 Å². The minimum absolute atomic E-state index is 0.898. The molecule has 0 saturated heterocycles. The Balaban J connectivity index is 2.48. The highest BCUT2D eigenvalue weighted by Crippen LogP contribution is 2.39. The van der Waals surface area contributed by atoms with Gasteiger partial charge in [0.15, 0.2) is 0 Å². The fourth-order valence-electron chi connectivity index (χ4n) is 1.78. The molecule has 1 aliphatic rings. The molecule has 0 amide bonds. The van der Waals surface area contributed by atoms with Gasteiger partial charge in [0.25, 0.3) is 0 Å². The first-order chi connectivity index (χ1) is 5.29. The van der Waals surface area contributed by atoms with Crippen LogP contribution in [-0.4, -0.2) is 5.33 Å². The van der Waals surface area contributed by atoms with Crippen LogP contribution in [0.25, 0.3) is 0 Å². The summed E-state index contributed by atoms with van der Waals surface area (Å²) in [6, 6.07) is 0. The van der Waals surface area contributed by atoms with Gasteiger partial charge in [-0.25, -0.2) is 0 Å². The van der Waals surface area contributed by atoms with Crippen molar-refractivity contribution < 1.29 is 0 Å². The van der Waals surface area contributed by atoms with Gasteiger partial charge >= 0.3 is 0 Å². The van der Waals surface area contributed by atoms with Crippen molar-refractivity contribution in [1.82, 2.24) is 0 Å². The van der Waals surface area contributed by atoms with Gasteiger partial charge in [0.1, 0.15) is 0 Å². The molecule has 1 aliphatic carbocycles. The quantitative estimate of drug-likeness (QED) is 0.498. The maximum absolute atomic E-state index is 3.55. The van der Waals surface area contributed by atoms with E-state index in [0.29, 0.717) is 0 Å². The molecule has 64 valence electrons. The fraction of sp³-hybridized carbons (Fsp3) is 0.800. The van der Waals surface area contributed by atoms with E-state index < -0.39 is 0 Å². The third-order valence-electron chi connectivity index (χ3n) is 2.72. The summed E-state index contributed by atoms with van der Waals surface area (Å²) in [4.78, 5) is 0. The zero-order valence-corrected chi connectivity index (χ0v) is 9.02. The molecule has 0 aromatic rings. The average Bonchev–Trinajstić information content (AvgIpc) is 2.01. The third-order valence-corrected chi connectivity index (χ3v) is 3.36. The van der Waals surface area contributed by atoms with E-state index in [0.717, 1.165) is 17.2 Å². The maximum atomic E-state index is 3.55. The Morgan fingerprint density at radius 3 is 2.55 bits per heavy atom. The van der Waals surface area contributed by atoms with Crippen LogP contribution in [0.15, 0.2) is 11.6 Å². The van der Waals surface area contributed by atoms with Crippen LogP contribution in [0.1, 0.15) is 33.1 Å². The lowest BCUT2D eigenvalue weighted by molar-refractivity contribution is 0.237. The van der Waals surface area contributed by atoms with Gasteiger partial charge < -0.3 is 0 Å². The predicted octanol–water partition coefficient (Wildman–Crippen LogP) is 3.76. The zero-order valence-electron chi connectivity index (χ0n) is 7.44. The molecule has 11 heavy (non-hydrogen) atoms. The molecular weight excluding hydrogens is 200 g/mol. The molecule has 2 atom stereocenters. The van der Waals surface area contributed by atoms with E-state index >= 15 is 0 Å². The first-order valence-electron chi connectivity index (χ1n) is 4.54. The van der Waals surface area contributed by atoms with Gasteiger partial charge in [-0.2, -0.15) is 0 Å². The van der Waals surface area contributed by atoms with Gasteiger partial charge in [-0.15, -0.1) is 0 Å². The lowest BCUT2D eigenvalue weighted by Crippen LogP contribution is -2.25. The van der Waals surface area contributed by atoms with Crippen LogP contribution in [-0.2, 0) is 0 Å². The van der Waals surface area contributed by atoms with Gasteiger partial charge in [0.05, 0.1) is 0 Å². The summed E-state index contributed by atoms with van der Waals surface area (Å²) in [6.45, 7) is 4.58. The Hall–Kier alpha value is 0.220. The molecule has 0 N–H and O–H groups in total. The monoisotopic (exact) mass is 216 g/mol. The predicted molar refractivity (Wildman–Crippen MR) is 54.1 cm³/mol. The molecule has 1 fully saturated rings. The van der Waals surface area contributed by atoms with Crippen molar-refractivity contribution >= 4 is 15.9 Å². The van der Waals surface area contributed by atoms with Crippen LogP contribution in [0, 0.1) is 11.8 Å². The molecule has 1 saturated carbocycles. The molecule has 0 aromatic heterocycles. The Labute approximate surface area is 78.2 Å². The summed E-state index contributed by atoms with van der Waals surface area (Å²) in [5.41, 5.74) is 1.63. The van der Waals surface area contributed by atoms with E-state index in [1.807, 2.05) is 0 Å². The molecule has 0 nitrogen and oxygen atoms in total. The summed E-state index contributed by atoms with van der Waals surface area (Å²) >= 11 is 3.55. The van der Waals surface area contributed by atoms with Crippen LogP contribution >= 0.6 is 15.9 Å². The van der Waals surface area contributed by atoms with E-state index in [-0.39, 0.29) is 0 Å². The largest absolute Gasteiger partial charge is 0.0880 e. The highest BCUT2D eigenvalue weighted by atomic mass is 79.9. The van der Waals surface area contributed by atoms with Gasteiger partial charge in [-0.3, -0.25) is 0 Å². The van der Waals surface area contributed by atoms with Crippen LogP contribution in [0.3, 0.4) is 0 Å². The molecule has 0 heterocycles. The van der Waals surface area contributed by atoms with E-state index in [1.54, 1.807) is 5.57 Å². The fourth-order valence-corrected chi connectivity index (χ4v) is 2.43. The molecule has 0 aliphatic heterocycles. The second kappa shape index (κ2) is 4.30. The lowest BCUT2D eigenvalue weighted by Gasteiger charge is -2.35. The molecule has 1 unspecified atom stereocenters. The van der Waals surface area contributed by atoms with Gasteiger partial charge in [-0.05, 0) is 31.1 Å². The van der Waals surface area contributed by atoms with E-state index in [9.17, 15) is 0 Å². The van der Waals surface area contributed by atoms with Gasteiger partial charge in [-0.1, -0.05) is 41.4 Å². The molecule has 0 bridgehead atoms. The smallest absolute Gasteiger partial charge is 0.0244 e. The summed E-state index contributed by atoms with van der Waals surface area (Å²) in [6.07, 6.45) is 6.41. The minimum atomic E-state index is 0.898. The van der Waals surface area contributed by atoms with Crippen LogP contribution in [0.5, 0.6) is 0 Å².